The fraction of sp³-hybridized carbons (Fsp3) is 0. The normalized spacial score (nSPS) is 8.83. The van der Waals surface area contributed by atoms with Crippen LogP contribution in [0.2, 0.25) is 0 Å². The van der Waals surface area contributed by atoms with Crippen LogP contribution in [0.15, 0.2) is 18.7 Å². The third-order valence-corrected chi connectivity index (χ3v) is 0.892. The summed E-state index contributed by atoms with van der Waals surface area (Å²) in [6, 6.07) is 0. The Balaban J connectivity index is 3.05. The standard InChI is InChI=1S/C3H3BrN2/c4-6-2-1-5-3-6/h1-3H. The van der Waals surface area contributed by atoms with E-state index in [9.17, 15) is 0 Å². The van der Waals surface area contributed by atoms with E-state index in [1.807, 2.05) is 0 Å². The van der Waals surface area contributed by atoms with Crippen molar-refractivity contribution < 1.29 is 0 Å². The molecule has 0 amide bonds. The minimum absolute atomic E-state index is 1.67. The van der Waals surface area contributed by atoms with Gasteiger partial charge in [0, 0.05) is 12.4 Å². The Hall–Kier alpha value is -0.310. The second-order valence-corrected chi connectivity index (χ2v) is 1.73. The number of hydrogen-bond donors (Lipinski definition) is 0. The zero-order valence-corrected chi connectivity index (χ0v) is 4.59. The minimum Gasteiger partial charge on any atom is -0.273 e. The third kappa shape index (κ3) is 0.597. The van der Waals surface area contributed by atoms with Crippen LogP contribution in [-0.2, 0) is 0 Å². The molecule has 0 aliphatic heterocycles. The van der Waals surface area contributed by atoms with Crippen molar-refractivity contribution in [3.63, 3.8) is 0 Å². The molecule has 0 aliphatic rings. The van der Waals surface area contributed by atoms with E-state index in [-0.39, 0.29) is 0 Å². The summed E-state index contributed by atoms with van der Waals surface area (Å²) in [5.74, 6) is 0. The van der Waals surface area contributed by atoms with Gasteiger partial charge in [-0.3, -0.25) is 3.59 Å². The number of rotatable bonds is 0. The zero-order chi connectivity index (χ0) is 4.41. The van der Waals surface area contributed by atoms with Crippen molar-refractivity contribution in [2.45, 2.75) is 0 Å². The van der Waals surface area contributed by atoms with Crippen LogP contribution in [0.1, 0.15) is 0 Å². The van der Waals surface area contributed by atoms with E-state index in [0.717, 1.165) is 0 Å². The lowest BCUT2D eigenvalue weighted by Crippen LogP contribution is -1.63. The highest BCUT2D eigenvalue weighted by molar-refractivity contribution is 9.08. The third-order valence-electron chi connectivity index (χ3n) is 0.472. The Morgan fingerprint density at radius 2 is 2.50 bits per heavy atom. The summed E-state index contributed by atoms with van der Waals surface area (Å²) in [6.45, 7) is 0. The van der Waals surface area contributed by atoms with Crippen molar-refractivity contribution in [1.82, 2.24) is 8.58 Å². The minimum atomic E-state index is 1.67. The lowest BCUT2D eigenvalue weighted by atomic mass is 11.0. The molecule has 0 aromatic carbocycles. The number of hydrogen-bond acceptors (Lipinski definition) is 1. The average molecular weight is 147 g/mol. The molecule has 6 heavy (non-hydrogen) atoms. The van der Waals surface area contributed by atoms with Crippen molar-refractivity contribution in [3.05, 3.63) is 18.7 Å². The lowest BCUT2D eigenvalue weighted by molar-refractivity contribution is 1.26. The summed E-state index contributed by atoms with van der Waals surface area (Å²) in [5.41, 5.74) is 0. The molecule has 0 N–H and O–H groups in total. The van der Waals surface area contributed by atoms with E-state index in [2.05, 4.69) is 21.1 Å². The Bertz CT molecular complexity index is 112. The summed E-state index contributed by atoms with van der Waals surface area (Å²) < 4.78 is 1.70. The maximum absolute atomic E-state index is 3.74. The van der Waals surface area contributed by atoms with Gasteiger partial charge in [-0.1, -0.05) is 0 Å². The molecule has 1 aromatic rings. The van der Waals surface area contributed by atoms with Crippen LogP contribution in [0.4, 0.5) is 0 Å². The Kier molecular flexibility index (Phi) is 0.919. The van der Waals surface area contributed by atoms with Gasteiger partial charge in [0.05, 0.1) is 16.1 Å². The van der Waals surface area contributed by atoms with Crippen LogP contribution in [0.25, 0.3) is 0 Å². The molecular formula is C3H3BrN2. The number of imidazole rings is 1. The molecule has 32 valence electrons. The van der Waals surface area contributed by atoms with Crippen LogP contribution in [0.5, 0.6) is 0 Å². The molecule has 2 nitrogen and oxygen atoms in total. The van der Waals surface area contributed by atoms with Crippen LogP contribution >= 0.6 is 16.1 Å². The van der Waals surface area contributed by atoms with Crippen molar-refractivity contribution in [2.75, 3.05) is 0 Å². The first-order valence-corrected chi connectivity index (χ1v) is 2.24. The highest BCUT2D eigenvalue weighted by Crippen LogP contribution is 1.87. The van der Waals surface area contributed by atoms with Crippen molar-refractivity contribution in [2.24, 2.45) is 0 Å². The maximum Gasteiger partial charge on any atom is 0.105 e. The molecule has 3 heteroatoms. The van der Waals surface area contributed by atoms with E-state index >= 15 is 0 Å². The van der Waals surface area contributed by atoms with E-state index in [1.54, 1.807) is 22.3 Å². The molecular weight excluding hydrogens is 144 g/mol. The van der Waals surface area contributed by atoms with Gasteiger partial charge in [-0.15, -0.1) is 0 Å². The molecule has 1 heterocycles. The summed E-state index contributed by atoms with van der Waals surface area (Å²) in [6.07, 6.45) is 5.18. The molecule has 1 aromatic heterocycles. The van der Waals surface area contributed by atoms with E-state index in [0.29, 0.717) is 0 Å². The van der Waals surface area contributed by atoms with Crippen LogP contribution in [0.3, 0.4) is 0 Å². The quantitative estimate of drug-likeness (QED) is 0.536. The van der Waals surface area contributed by atoms with Gasteiger partial charge in [0.15, 0.2) is 0 Å². The SMILES string of the molecule is Brn1ccnc1. The van der Waals surface area contributed by atoms with E-state index in [4.69, 9.17) is 0 Å². The van der Waals surface area contributed by atoms with Crippen molar-refractivity contribution in [1.29, 1.82) is 0 Å². The van der Waals surface area contributed by atoms with Crippen LogP contribution in [0, 0.1) is 0 Å². The lowest BCUT2D eigenvalue weighted by Gasteiger charge is -1.72. The van der Waals surface area contributed by atoms with E-state index < -0.39 is 0 Å². The fourth-order valence-corrected chi connectivity index (χ4v) is 0.454. The molecule has 0 unspecified atom stereocenters. The van der Waals surface area contributed by atoms with Gasteiger partial charge in [0.1, 0.15) is 6.33 Å². The Labute approximate surface area is 44.1 Å². The largest absolute Gasteiger partial charge is 0.273 e. The highest BCUT2D eigenvalue weighted by Gasteiger charge is 1.71. The van der Waals surface area contributed by atoms with Gasteiger partial charge in [0.25, 0.3) is 0 Å². The number of nitrogens with zero attached hydrogens (tertiary/aromatic N) is 2. The van der Waals surface area contributed by atoms with Crippen molar-refractivity contribution in [3.8, 4) is 0 Å². The van der Waals surface area contributed by atoms with E-state index in [1.165, 1.54) is 0 Å². The summed E-state index contributed by atoms with van der Waals surface area (Å²) in [5, 5.41) is 0. The first kappa shape index (κ1) is 3.87. The highest BCUT2D eigenvalue weighted by atomic mass is 79.9. The van der Waals surface area contributed by atoms with Gasteiger partial charge in [0.2, 0.25) is 0 Å². The van der Waals surface area contributed by atoms with Gasteiger partial charge >= 0.3 is 0 Å². The van der Waals surface area contributed by atoms with Crippen LogP contribution in [-0.4, -0.2) is 8.58 Å². The predicted molar refractivity (Wildman–Crippen MR) is 26.6 cm³/mol. The molecule has 0 radical (unpaired) electrons. The smallest absolute Gasteiger partial charge is 0.105 e. The Morgan fingerprint density at radius 1 is 1.67 bits per heavy atom. The summed E-state index contributed by atoms with van der Waals surface area (Å²) in [4.78, 5) is 3.74. The summed E-state index contributed by atoms with van der Waals surface area (Å²) >= 11 is 3.14. The number of halogens is 1. The molecule has 0 fully saturated rings. The van der Waals surface area contributed by atoms with Gasteiger partial charge in [-0.2, -0.15) is 0 Å². The molecule has 0 saturated heterocycles. The molecule has 1 rings (SSSR count). The Morgan fingerprint density at radius 3 is 2.67 bits per heavy atom. The maximum atomic E-state index is 3.74. The molecule has 0 spiro atoms. The predicted octanol–water partition coefficient (Wildman–Crippen LogP) is 1.04. The second-order valence-electron chi connectivity index (χ2n) is 0.907. The first-order chi connectivity index (χ1) is 2.89. The van der Waals surface area contributed by atoms with Crippen LogP contribution < -0.4 is 0 Å². The summed E-state index contributed by atoms with van der Waals surface area (Å²) in [7, 11) is 0. The first-order valence-electron chi connectivity index (χ1n) is 1.54. The molecule has 0 bridgehead atoms. The second kappa shape index (κ2) is 1.43. The topological polar surface area (TPSA) is 17.8 Å². The zero-order valence-electron chi connectivity index (χ0n) is 3.00. The fourth-order valence-electron chi connectivity index (χ4n) is 0.243. The van der Waals surface area contributed by atoms with Gasteiger partial charge < -0.3 is 0 Å². The average Bonchev–Trinajstić information content (AvgIpc) is 1.86. The number of aromatic nitrogens is 2. The van der Waals surface area contributed by atoms with Gasteiger partial charge in [-0.25, -0.2) is 4.98 Å². The monoisotopic (exact) mass is 146 g/mol. The van der Waals surface area contributed by atoms with Gasteiger partial charge in [-0.05, 0) is 0 Å². The molecule has 0 aliphatic carbocycles. The molecule has 0 atom stereocenters. The molecule has 0 saturated carbocycles. The van der Waals surface area contributed by atoms with Crippen molar-refractivity contribution >= 4 is 16.1 Å².